The molecule has 0 spiro atoms. The van der Waals surface area contributed by atoms with Crippen molar-refractivity contribution in [2.75, 3.05) is 18.0 Å². The van der Waals surface area contributed by atoms with E-state index in [0.29, 0.717) is 6.54 Å². The van der Waals surface area contributed by atoms with Gasteiger partial charge in [0.1, 0.15) is 0 Å². The van der Waals surface area contributed by atoms with Crippen molar-refractivity contribution in [3.05, 3.63) is 29.3 Å². The van der Waals surface area contributed by atoms with E-state index in [2.05, 4.69) is 50.8 Å². The van der Waals surface area contributed by atoms with Crippen LogP contribution in [0.5, 0.6) is 0 Å². The fourth-order valence-electron chi connectivity index (χ4n) is 2.03. The molecule has 0 heterocycles. The van der Waals surface area contributed by atoms with Gasteiger partial charge in [0.05, 0.1) is 0 Å². The van der Waals surface area contributed by atoms with Gasteiger partial charge in [0.2, 0.25) is 0 Å². The van der Waals surface area contributed by atoms with E-state index in [1.54, 1.807) is 0 Å². The average molecular weight is 234 g/mol. The monoisotopic (exact) mass is 234 g/mol. The lowest BCUT2D eigenvalue weighted by atomic mass is 10.1. The average Bonchev–Trinajstić information content (AvgIpc) is 2.35. The van der Waals surface area contributed by atoms with Crippen LogP contribution in [0.4, 0.5) is 5.69 Å². The van der Waals surface area contributed by atoms with Gasteiger partial charge in [0.25, 0.3) is 0 Å². The van der Waals surface area contributed by atoms with Crippen LogP contribution in [0.15, 0.2) is 18.2 Å². The predicted octanol–water partition coefficient (Wildman–Crippen LogP) is 3.33. The summed E-state index contributed by atoms with van der Waals surface area (Å²) in [5.74, 6) is 0.740. The minimum absolute atomic E-state index is 0.629. The zero-order valence-electron chi connectivity index (χ0n) is 11.7. The predicted molar refractivity (Wildman–Crippen MR) is 76.4 cm³/mol. The van der Waals surface area contributed by atoms with Crippen LogP contribution in [-0.4, -0.2) is 13.1 Å². The van der Waals surface area contributed by atoms with E-state index in [0.717, 1.165) is 19.0 Å². The van der Waals surface area contributed by atoms with Gasteiger partial charge in [-0.1, -0.05) is 26.3 Å². The Labute approximate surface area is 106 Å². The molecule has 0 fully saturated rings. The second-order valence-corrected chi connectivity index (χ2v) is 4.87. The van der Waals surface area contributed by atoms with Crippen molar-refractivity contribution in [3.63, 3.8) is 0 Å². The first-order valence-electron chi connectivity index (χ1n) is 6.66. The maximum Gasteiger partial charge on any atom is 0.0369 e. The zero-order chi connectivity index (χ0) is 12.8. The molecule has 0 aliphatic heterocycles. The Balaban J connectivity index is 2.85. The molecule has 2 nitrogen and oxygen atoms in total. The third kappa shape index (κ3) is 3.74. The van der Waals surface area contributed by atoms with Crippen LogP contribution in [-0.2, 0) is 6.54 Å². The molecule has 0 bridgehead atoms. The maximum atomic E-state index is 5.70. The quantitative estimate of drug-likeness (QED) is 0.818. The Kier molecular flexibility index (Phi) is 5.49. The summed E-state index contributed by atoms with van der Waals surface area (Å²) in [7, 11) is 0. The normalized spacial score (nSPS) is 12.5. The van der Waals surface area contributed by atoms with Crippen molar-refractivity contribution in [2.45, 2.75) is 40.7 Å². The van der Waals surface area contributed by atoms with Gasteiger partial charge in [-0.3, -0.25) is 0 Å². The standard InChI is InChI=1S/C15H26N2/c1-5-12(3)11-17(6-2)15-8-7-14(10-16)13(4)9-15/h7-9,12H,5-6,10-11,16H2,1-4H3. The molecule has 0 aromatic heterocycles. The SMILES string of the molecule is CCC(C)CN(CC)c1ccc(CN)c(C)c1. The van der Waals surface area contributed by atoms with E-state index in [-0.39, 0.29) is 0 Å². The molecule has 1 aromatic carbocycles. The van der Waals surface area contributed by atoms with Crippen LogP contribution in [0.2, 0.25) is 0 Å². The topological polar surface area (TPSA) is 29.3 Å². The lowest BCUT2D eigenvalue weighted by Crippen LogP contribution is -2.28. The number of nitrogens with two attached hydrogens (primary N) is 1. The Morgan fingerprint density at radius 2 is 2.00 bits per heavy atom. The van der Waals surface area contributed by atoms with Gasteiger partial charge in [-0.15, -0.1) is 0 Å². The lowest BCUT2D eigenvalue weighted by molar-refractivity contribution is 0.548. The van der Waals surface area contributed by atoms with E-state index < -0.39 is 0 Å². The molecule has 17 heavy (non-hydrogen) atoms. The zero-order valence-corrected chi connectivity index (χ0v) is 11.7. The number of nitrogens with zero attached hydrogens (tertiary/aromatic N) is 1. The molecule has 96 valence electrons. The minimum atomic E-state index is 0.629. The van der Waals surface area contributed by atoms with E-state index in [4.69, 9.17) is 5.73 Å². The van der Waals surface area contributed by atoms with Crippen molar-refractivity contribution in [2.24, 2.45) is 11.7 Å². The Morgan fingerprint density at radius 1 is 1.29 bits per heavy atom. The minimum Gasteiger partial charge on any atom is -0.372 e. The van der Waals surface area contributed by atoms with E-state index in [1.807, 2.05) is 0 Å². The van der Waals surface area contributed by atoms with Crippen LogP contribution in [0.3, 0.4) is 0 Å². The molecular formula is C15H26N2. The second-order valence-electron chi connectivity index (χ2n) is 4.87. The van der Waals surface area contributed by atoms with Crippen LogP contribution in [0, 0.1) is 12.8 Å². The molecular weight excluding hydrogens is 208 g/mol. The van der Waals surface area contributed by atoms with Crippen molar-refractivity contribution in [3.8, 4) is 0 Å². The number of benzene rings is 1. The van der Waals surface area contributed by atoms with Crippen molar-refractivity contribution in [1.82, 2.24) is 0 Å². The third-order valence-corrected chi connectivity index (χ3v) is 3.52. The van der Waals surface area contributed by atoms with Crippen molar-refractivity contribution in [1.29, 1.82) is 0 Å². The first-order valence-corrected chi connectivity index (χ1v) is 6.66. The summed E-state index contributed by atoms with van der Waals surface area (Å²) in [6, 6.07) is 6.61. The fourth-order valence-corrected chi connectivity index (χ4v) is 2.03. The highest BCUT2D eigenvalue weighted by Gasteiger charge is 2.09. The molecule has 0 amide bonds. The van der Waals surface area contributed by atoms with Gasteiger partial charge < -0.3 is 10.6 Å². The van der Waals surface area contributed by atoms with Gasteiger partial charge in [-0.2, -0.15) is 0 Å². The largest absolute Gasteiger partial charge is 0.372 e. The molecule has 0 aliphatic rings. The first kappa shape index (κ1) is 14.0. The van der Waals surface area contributed by atoms with Crippen LogP contribution in [0.25, 0.3) is 0 Å². The first-order chi connectivity index (χ1) is 8.12. The van der Waals surface area contributed by atoms with Gasteiger partial charge in [-0.25, -0.2) is 0 Å². The number of rotatable bonds is 6. The number of hydrogen-bond acceptors (Lipinski definition) is 2. The number of hydrogen-bond donors (Lipinski definition) is 1. The summed E-state index contributed by atoms with van der Waals surface area (Å²) in [4.78, 5) is 2.45. The smallest absolute Gasteiger partial charge is 0.0369 e. The molecule has 0 aliphatic carbocycles. The van der Waals surface area contributed by atoms with Gasteiger partial charge in [0, 0.05) is 25.3 Å². The molecule has 0 saturated heterocycles. The van der Waals surface area contributed by atoms with Crippen LogP contribution in [0.1, 0.15) is 38.3 Å². The van der Waals surface area contributed by atoms with Gasteiger partial charge >= 0.3 is 0 Å². The molecule has 1 aromatic rings. The van der Waals surface area contributed by atoms with Gasteiger partial charge in [0.15, 0.2) is 0 Å². The molecule has 1 unspecified atom stereocenters. The maximum absolute atomic E-state index is 5.70. The highest BCUT2D eigenvalue weighted by atomic mass is 15.1. The summed E-state index contributed by atoms with van der Waals surface area (Å²) in [6.45, 7) is 11.7. The number of anilines is 1. The molecule has 0 radical (unpaired) electrons. The van der Waals surface area contributed by atoms with Crippen molar-refractivity contribution >= 4 is 5.69 Å². The molecule has 1 atom stereocenters. The van der Waals surface area contributed by atoms with E-state index in [9.17, 15) is 0 Å². The summed E-state index contributed by atoms with van der Waals surface area (Å²) in [6.07, 6.45) is 1.23. The summed E-state index contributed by atoms with van der Waals surface area (Å²) in [5, 5.41) is 0. The summed E-state index contributed by atoms with van der Waals surface area (Å²) in [5.41, 5.74) is 9.56. The van der Waals surface area contributed by atoms with Crippen LogP contribution >= 0.6 is 0 Å². The molecule has 2 heteroatoms. The lowest BCUT2D eigenvalue weighted by Gasteiger charge is -2.27. The van der Waals surface area contributed by atoms with Crippen LogP contribution < -0.4 is 10.6 Å². The van der Waals surface area contributed by atoms with E-state index >= 15 is 0 Å². The van der Waals surface area contributed by atoms with Crippen molar-refractivity contribution < 1.29 is 0 Å². The molecule has 2 N–H and O–H groups in total. The Bertz CT molecular complexity index is 347. The number of aryl methyl sites for hydroxylation is 1. The molecule has 0 saturated carbocycles. The Hall–Kier alpha value is -1.02. The summed E-state index contributed by atoms with van der Waals surface area (Å²) < 4.78 is 0. The molecule has 1 rings (SSSR count). The summed E-state index contributed by atoms with van der Waals surface area (Å²) >= 11 is 0. The Morgan fingerprint density at radius 3 is 2.47 bits per heavy atom. The van der Waals surface area contributed by atoms with E-state index in [1.165, 1.54) is 23.2 Å². The second kappa shape index (κ2) is 6.65. The van der Waals surface area contributed by atoms with Gasteiger partial charge in [-0.05, 0) is 43.0 Å². The highest BCUT2D eigenvalue weighted by Crippen LogP contribution is 2.20. The fraction of sp³-hybridized carbons (Fsp3) is 0.600. The third-order valence-electron chi connectivity index (χ3n) is 3.52. The highest BCUT2D eigenvalue weighted by molar-refractivity contribution is 5.50.